The Balaban J connectivity index is 2.22. The van der Waals surface area contributed by atoms with Crippen molar-refractivity contribution in [1.82, 2.24) is 5.48 Å². The number of carbonyl (C=O) groups excluding carboxylic acids is 1. The first kappa shape index (κ1) is 13.1. The van der Waals surface area contributed by atoms with Gasteiger partial charge >= 0.3 is 5.97 Å². The van der Waals surface area contributed by atoms with Crippen molar-refractivity contribution in [2.75, 3.05) is 6.61 Å². The Morgan fingerprint density at radius 1 is 1.37 bits per heavy atom. The van der Waals surface area contributed by atoms with E-state index >= 15 is 0 Å². The molecule has 0 spiro atoms. The van der Waals surface area contributed by atoms with E-state index in [4.69, 9.17) is 20.1 Å². The van der Waals surface area contributed by atoms with Crippen LogP contribution < -0.4 is 11.2 Å². The summed E-state index contributed by atoms with van der Waals surface area (Å²) in [4.78, 5) is 26.4. The highest BCUT2D eigenvalue weighted by molar-refractivity contribution is 5.95. The number of benzene rings is 1. The third kappa shape index (κ3) is 2.90. The Morgan fingerprint density at radius 3 is 2.79 bits per heavy atom. The number of nitrogens with one attached hydrogen (secondary N) is 1. The lowest BCUT2D eigenvalue weighted by molar-refractivity contribution is -0.125. The number of hydrogen-bond donors (Lipinski definition) is 3. The van der Waals surface area contributed by atoms with Crippen LogP contribution in [0.25, 0.3) is 11.0 Å². The number of furan rings is 1. The minimum absolute atomic E-state index is 0.0892. The van der Waals surface area contributed by atoms with E-state index in [1.807, 2.05) is 0 Å². The average molecular weight is 264 g/mol. The number of fused-ring (bicyclic) bond motifs is 1. The maximum Gasteiger partial charge on any atom is 0.372 e. The second-order valence-electron chi connectivity index (χ2n) is 3.79. The molecule has 1 aromatic carbocycles. The van der Waals surface area contributed by atoms with Gasteiger partial charge in [-0.25, -0.2) is 4.79 Å². The Labute approximate surface area is 107 Å². The first-order valence-electron chi connectivity index (χ1n) is 5.46. The number of primary amides is 1. The molecule has 1 aromatic heterocycles. The summed E-state index contributed by atoms with van der Waals surface area (Å²) in [5.41, 5.74) is 8.32. The summed E-state index contributed by atoms with van der Waals surface area (Å²) >= 11 is 0. The number of para-hydroxylation sites is 1. The Kier molecular flexibility index (Phi) is 3.79. The van der Waals surface area contributed by atoms with Gasteiger partial charge in [-0.3, -0.25) is 9.63 Å². The SMILES string of the molecule is NC(=O)CONCc1c(C(=O)O)oc2ccccc12. The number of hydrogen-bond acceptors (Lipinski definition) is 5. The molecule has 7 nitrogen and oxygen atoms in total. The number of hydroxylamine groups is 1. The van der Waals surface area contributed by atoms with Crippen molar-refractivity contribution >= 4 is 22.8 Å². The Morgan fingerprint density at radius 2 is 2.11 bits per heavy atom. The van der Waals surface area contributed by atoms with Gasteiger partial charge < -0.3 is 15.3 Å². The van der Waals surface area contributed by atoms with E-state index in [2.05, 4.69) is 5.48 Å². The molecule has 0 aliphatic rings. The highest BCUT2D eigenvalue weighted by Gasteiger charge is 2.19. The molecule has 100 valence electrons. The fraction of sp³-hybridized carbons (Fsp3) is 0.167. The summed E-state index contributed by atoms with van der Waals surface area (Å²) in [7, 11) is 0. The molecule has 7 heteroatoms. The van der Waals surface area contributed by atoms with Crippen LogP contribution in [-0.4, -0.2) is 23.6 Å². The molecule has 0 radical (unpaired) electrons. The molecular formula is C12H12N2O5. The van der Waals surface area contributed by atoms with Crippen LogP contribution >= 0.6 is 0 Å². The molecule has 2 aromatic rings. The van der Waals surface area contributed by atoms with E-state index < -0.39 is 11.9 Å². The first-order chi connectivity index (χ1) is 9.09. The van der Waals surface area contributed by atoms with E-state index in [0.29, 0.717) is 16.5 Å². The monoisotopic (exact) mass is 264 g/mol. The molecule has 0 bridgehead atoms. The summed E-state index contributed by atoms with van der Waals surface area (Å²) < 4.78 is 5.25. The minimum Gasteiger partial charge on any atom is -0.475 e. The van der Waals surface area contributed by atoms with Gasteiger partial charge in [0.05, 0.1) is 6.54 Å². The molecule has 1 amide bonds. The largest absolute Gasteiger partial charge is 0.475 e. The lowest BCUT2D eigenvalue weighted by Gasteiger charge is -2.03. The molecule has 0 saturated carbocycles. The van der Waals surface area contributed by atoms with Crippen molar-refractivity contribution in [3.63, 3.8) is 0 Å². The summed E-state index contributed by atoms with van der Waals surface area (Å²) in [6, 6.07) is 6.95. The standard InChI is InChI=1S/C12H12N2O5/c13-10(15)6-18-14-5-8-7-3-1-2-4-9(7)19-11(8)12(16)17/h1-4,14H,5-6H2,(H2,13,15)(H,16,17). The Bertz CT molecular complexity index is 620. The van der Waals surface area contributed by atoms with Gasteiger partial charge in [-0.15, -0.1) is 0 Å². The van der Waals surface area contributed by atoms with E-state index in [1.165, 1.54) is 0 Å². The predicted molar refractivity (Wildman–Crippen MR) is 65.2 cm³/mol. The lowest BCUT2D eigenvalue weighted by atomic mass is 10.1. The van der Waals surface area contributed by atoms with Crippen LogP contribution in [0.3, 0.4) is 0 Å². The number of carboxylic acids is 1. The summed E-state index contributed by atoms with van der Waals surface area (Å²) in [5, 5.41) is 9.75. The maximum atomic E-state index is 11.1. The van der Waals surface area contributed by atoms with Gasteiger partial charge in [0.2, 0.25) is 11.7 Å². The highest BCUT2D eigenvalue weighted by atomic mass is 16.6. The fourth-order valence-electron chi connectivity index (χ4n) is 1.69. The zero-order chi connectivity index (χ0) is 13.8. The van der Waals surface area contributed by atoms with Crippen molar-refractivity contribution in [1.29, 1.82) is 0 Å². The summed E-state index contributed by atoms with van der Waals surface area (Å²) in [6.45, 7) is -0.204. The molecule has 4 N–H and O–H groups in total. The van der Waals surface area contributed by atoms with Crippen molar-refractivity contribution in [3.8, 4) is 0 Å². The fourth-order valence-corrected chi connectivity index (χ4v) is 1.69. The zero-order valence-electron chi connectivity index (χ0n) is 9.88. The van der Waals surface area contributed by atoms with Crippen molar-refractivity contribution in [2.45, 2.75) is 6.54 Å². The van der Waals surface area contributed by atoms with Gasteiger partial charge in [0.25, 0.3) is 0 Å². The molecule has 0 aliphatic heterocycles. The normalized spacial score (nSPS) is 10.7. The minimum atomic E-state index is -1.16. The van der Waals surface area contributed by atoms with Crippen LogP contribution in [0, 0.1) is 0 Å². The van der Waals surface area contributed by atoms with Gasteiger partial charge in [0.1, 0.15) is 12.2 Å². The van der Waals surface area contributed by atoms with E-state index in [0.717, 1.165) is 0 Å². The van der Waals surface area contributed by atoms with E-state index in [9.17, 15) is 9.59 Å². The maximum absolute atomic E-state index is 11.1. The van der Waals surface area contributed by atoms with Gasteiger partial charge in [-0.05, 0) is 6.07 Å². The van der Waals surface area contributed by atoms with Crippen molar-refractivity contribution < 1.29 is 24.0 Å². The topological polar surface area (TPSA) is 115 Å². The third-order valence-corrected chi connectivity index (χ3v) is 2.46. The van der Waals surface area contributed by atoms with Crippen LogP contribution in [-0.2, 0) is 16.2 Å². The number of carbonyl (C=O) groups is 2. The van der Waals surface area contributed by atoms with Crippen LogP contribution in [0.2, 0.25) is 0 Å². The molecule has 0 saturated heterocycles. The lowest BCUT2D eigenvalue weighted by Crippen LogP contribution is -2.24. The van der Waals surface area contributed by atoms with Gasteiger partial charge in [-0.1, -0.05) is 18.2 Å². The first-order valence-corrected chi connectivity index (χ1v) is 5.46. The number of nitrogens with two attached hydrogens (primary N) is 1. The molecule has 0 unspecified atom stereocenters. The molecule has 0 atom stereocenters. The van der Waals surface area contributed by atoms with Gasteiger partial charge in [0.15, 0.2) is 0 Å². The molecular weight excluding hydrogens is 252 g/mol. The van der Waals surface area contributed by atoms with Gasteiger partial charge in [0, 0.05) is 10.9 Å². The summed E-state index contributed by atoms with van der Waals surface area (Å²) in [5.74, 6) is -1.94. The number of aromatic carboxylic acids is 1. The summed E-state index contributed by atoms with van der Waals surface area (Å²) in [6.07, 6.45) is 0. The predicted octanol–water partition coefficient (Wildman–Crippen LogP) is 0.637. The molecule has 19 heavy (non-hydrogen) atoms. The second-order valence-corrected chi connectivity index (χ2v) is 3.79. The highest BCUT2D eigenvalue weighted by Crippen LogP contribution is 2.25. The van der Waals surface area contributed by atoms with Crippen LogP contribution in [0.5, 0.6) is 0 Å². The van der Waals surface area contributed by atoms with Crippen molar-refractivity contribution in [2.24, 2.45) is 5.73 Å². The van der Waals surface area contributed by atoms with Crippen LogP contribution in [0.4, 0.5) is 0 Å². The number of amides is 1. The van der Waals surface area contributed by atoms with Crippen molar-refractivity contribution in [3.05, 3.63) is 35.6 Å². The van der Waals surface area contributed by atoms with Crippen LogP contribution in [0.1, 0.15) is 16.1 Å². The number of carboxylic acid groups (broad SMARTS) is 1. The Hall–Kier alpha value is -2.38. The smallest absolute Gasteiger partial charge is 0.372 e. The van der Waals surface area contributed by atoms with E-state index in [-0.39, 0.29) is 18.9 Å². The molecule has 0 aliphatic carbocycles. The third-order valence-electron chi connectivity index (χ3n) is 2.46. The average Bonchev–Trinajstić information content (AvgIpc) is 2.73. The van der Waals surface area contributed by atoms with Gasteiger partial charge in [-0.2, -0.15) is 5.48 Å². The molecule has 1 heterocycles. The molecule has 2 rings (SSSR count). The number of rotatable bonds is 6. The zero-order valence-corrected chi connectivity index (χ0v) is 9.88. The molecule has 0 fully saturated rings. The van der Waals surface area contributed by atoms with E-state index in [1.54, 1.807) is 24.3 Å². The quantitative estimate of drug-likeness (QED) is 0.521. The van der Waals surface area contributed by atoms with Crippen LogP contribution in [0.15, 0.2) is 28.7 Å². The second kappa shape index (κ2) is 5.51.